The third kappa shape index (κ3) is 7.01. The van der Waals surface area contributed by atoms with Crippen LogP contribution in [0.3, 0.4) is 0 Å². The highest BCUT2D eigenvalue weighted by Crippen LogP contribution is 2.14. The van der Waals surface area contributed by atoms with Crippen LogP contribution in [0.25, 0.3) is 0 Å². The van der Waals surface area contributed by atoms with Crippen LogP contribution in [0.4, 0.5) is 4.79 Å². The van der Waals surface area contributed by atoms with Crippen LogP contribution in [0.1, 0.15) is 17.3 Å². The Kier molecular flexibility index (Phi) is 11.0. The summed E-state index contributed by atoms with van der Waals surface area (Å²) < 4.78 is 5.02. The highest BCUT2D eigenvalue weighted by atomic mass is 127. The van der Waals surface area contributed by atoms with Crippen LogP contribution in [0.15, 0.2) is 29.3 Å². The molecule has 10 heteroatoms. The second-order valence-electron chi connectivity index (χ2n) is 5.88. The van der Waals surface area contributed by atoms with Gasteiger partial charge in [0.1, 0.15) is 0 Å². The van der Waals surface area contributed by atoms with Crippen molar-refractivity contribution in [3.63, 3.8) is 0 Å². The van der Waals surface area contributed by atoms with Gasteiger partial charge >= 0.3 is 6.09 Å². The molecule has 0 bridgehead atoms. The van der Waals surface area contributed by atoms with E-state index in [2.05, 4.69) is 20.5 Å². The summed E-state index contributed by atoms with van der Waals surface area (Å²) in [4.78, 5) is 31.9. The van der Waals surface area contributed by atoms with Crippen molar-refractivity contribution < 1.29 is 14.3 Å². The van der Waals surface area contributed by atoms with Crippen LogP contribution in [0, 0.1) is 0 Å². The van der Waals surface area contributed by atoms with E-state index in [-0.39, 0.29) is 36.0 Å². The molecule has 0 spiro atoms. The van der Waals surface area contributed by atoms with Crippen molar-refractivity contribution in [1.82, 2.24) is 20.4 Å². The van der Waals surface area contributed by atoms with E-state index in [4.69, 9.17) is 16.3 Å². The number of halogens is 2. The molecule has 2 amide bonds. The molecule has 1 heterocycles. The Hall–Kier alpha value is -1.75. The fourth-order valence-corrected chi connectivity index (χ4v) is 2.96. The zero-order valence-electron chi connectivity index (χ0n) is 16.1. The summed E-state index contributed by atoms with van der Waals surface area (Å²) in [7, 11) is 1.71. The summed E-state index contributed by atoms with van der Waals surface area (Å²) in [5.74, 6) is 0.533. The monoisotopic (exact) mass is 523 g/mol. The molecule has 1 saturated heterocycles. The zero-order chi connectivity index (χ0) is 19.6. The molecule has 8 nitrogen and oxygen atoms in total. The number of amides is 2. The molecule has 0 unspecified atom stereocenters. The Morgan fingerprint density at radius 1 is 1.11 bits per heavy atom. The van der Waals surface area contributed by atoms with Crippen LogP contribution in [-0.2, 0) is 4.74 Å². The van der Waals surface area contributed by atoms with Crippen molar-refractivity contribution in [3.8, 4) is 0 Å². The fraction of sp³-hybridized carbons (Fsp3) is 0.500. The van der Waals surface area contributed by atoms with Crippen molar-refractivity contribution >= 4 is 53.5 Å². The van der Waals surface area contributed by atoms with E-state index in [1.165, 1.54) is 0 Å². The van der Waals surface area contributed by atoms with Crippen LogP contribution < -0.4 is 10.6 Å². The third-order valence-electron chi connectivity index (χ3n) is 4.13. The van der Waals surface area contributed by atoms with Gasteiger partial charge in [0.2, 0.25) is 0 Å². The average Bonchev–Trinajstić information content (AvgIpc) is 2.68. The van der Waals surface area contributed by atoms with Crippen LogP contribution in [-0.4, -0.2) is 80.7 Å². The number of carbonyl (C=O) groups excluding carboxylic acids is 2. The van der Waals surface area contributed by atoms with Gasteiger partial charge in [-0.05, 0) is 19.1 Å². The van der Waals surface area contributed by atoms with Gasteiger partial charge in [0, 0.05) is 46.3 Å². The molecule has 156 valence electrons. The molecule has 28 heavy (non-hydrogen) atoms. The molecule has 0 radical (unpaired) electrons. The van der Waals surface area contributed by atoms with Gasteiger partial charge in [-0.3, -0.25) is 9.79 Å². The minimum atomic E-state index is -0.276. The number of aliphatic imine (C=N–C) groups is 1. The Morgan fingerprint density at radius 2 is 1.71 bits per heavy atom. The number of nitrogens with zero attached hydrogens (tertiary/aromatic N) is 3. The number of hydrogen-bond donors (Lipinski definition) is 2. The number of guanidine groups is 1. The topological polar surface area (TPSA) is 86.3 Å². The number of rotatable bonds is 5. The normalized spacial score (nSPS) is 14.2. The highest BCUT2D eigenvalue weighted by Gasteiger charge is 2.23. The lowest BCUT2D eigenvalue weighted by atomic mass is 10.2. The van der Waals surface area contributed by atoms with Gasteiger partial charge in [0.05, 0.1) is 17.2 Å². The van der Waals surface area contributed by atoms with Gasteiger partial charge in [-0.2, -0.15) is 0 Å². The molecule has 1 aromatic rings. The molecular weight excluding hydrogens is 497 g/mol. The Labute approximate surface area is 187 Å². The minimum absolute atomic E-state index is 0. The van der Waals surface area contributed by atoms with Gasteiger partial charge in [-0.1, -0.05) is 23.7 Å². The van der Waals surface area contributed by atoms with E-state index in [9.17, 15) is 9.59 Å². The molecule has 0 atom stereocenters. The first-order valence-electron chi connectivity index (χ1n) is 8.96. The van der Waals surface area contributed by atoms with Crippen molar-refractivity contribution in [2.75, 3.05) is 52.9 Å². The molecule has 0 aliphatic carbocycles. The largest absolute Gasteiger partial charge is 0.450 e. The first-order valence-corrected chi connectivity index (χ1v) is 9.34. The van der Waals surface area contributed by atoms with Crippen molar-refractivity contribution in [3.05, 3.63) is 34.9 Å². The van der Waals surface area contributed by atoms with E-state index in [1.54, 1.807) is 43.1 Å². The molecular formula is C18H27ClIN5O3. The summed E-state index contributed by atoms with van der Waals surface area (Å²) in [6.07, 6.45) is -0.276. The third-order valence-corrected chi connectivity index (χ3v) is 4.46. The number of hydrogen-bond acceptors (Lipinski definition) is 4. The Balaban J connectivity index is 0.00000392. The number of nitrogens with one attached hydrogen (secondary N) is 2. The SMILES string of the molecule is CCOC(=O)N1CCN(C(=NC)NCCNC(=O)c2ccccc2Cl)CC1.I. The summed E-state index contributed by atoms with van der Waals surface area (Å²) in [6, 6.07) is 6.93. The zero-order valence-corrected chi connectivity index (χ0v) is 19.2. The Morgan fingerprint density at radius 3 is 2.32 bits per heavy atom. The van der Waals surface area contributed by atoms with Gasteiger partial charge in [0.15, 0.2) is 5.96 Å². The summed E-state index contributed by atoms with van der Waals surface area (Å²) in [5, 5.41) is 6.48. The maximum atomic E-state index is 12.1. The smallest absolute Gasteiger partial charge is 0.409 e. The molecule has 1 fully saturated rings. The second-order valence-corrected chi connectivity index (χ2v) is 6.29. The molecule has 1 aliphatic rings. The van der Waals surface area contributed by atoms with Crippen molar-refractivity contribution in [2.45, 2.75) is 6.92 Å². The quantitative estimate of drug-likeness (QED) is 0.267. The summed E-state index contributed by atoms with van der Waals surface area (Å²) in [6.45, 7) is 5.65. The lowest BCUT2D eigenvalue weighted by Gasteiger charge is -2.35. The molecule has 0 aromatic heterocycles. The number of carbonyl (C=O) groups is 2. The molecule has 2 rings (SSSR count). The van der Waals surface area contributed by atoms with E-state index >= 15 is 0 Å². The van der Waals surface area contributed by atoms with Crippen molar-refractivity contribution in [2.24, 2.45) is 4.99 Å². The van der Waals surface area contributed by atoms with Gasteiger partial charge in [-0.15, -0.1) is 24.0 Å². The van der Waals surface area contributed by atoms with Gasteiger partial charge in [0.25, 0.3) is 5.91 Å². The van der Waals surface area contributed by atoms with Crippen LogP contribution in [0.2, 0.25) is 5.02 Å². The maximum Gasteiger partial charge on any atom is 0.409 e. The number of piperazine rings is 1. The summed E-state index contributed by atoms with van der Waals surface area (Å²) in [5.41, 5.74) is 0.457. The number of ether oxygens (including phenoxy) is 1. The minimum Gasteiger partial charge on any atom is -0.450 e. The van der Waals surface area contributed by atoms with E-state index in [1.807, 2.05) is 0 Å². The fourth-order valence-electron chi connectivity index (χ4n) is 2.74. The first kappa shape index (κ1) is 24.3. The standard InChI is InChI=1S/C18H26ClN5O3.HI/c1-3-27-18(26)24-12-10-23(11-13-24)17(20-2)22-9-8-21-16(25)14-6-4-5-7-15(14)19;/h4-7H,3,8-13H2,1-2H3,(H,20,22)(H,21,25);1H. The summed E-state index contributed by atoms with van der Waals surface area (Å²) >= 11 is 6.02. The lowest BCUT2D eigenvalue weighted by Crippen LogP contribution is -2.54. The van der Waals surface area contributed by atoms with Crippen LogP contribution in [0.5, 0.6) is 0 Å². The Bertz CT molecular complexity index is 681. The van der Waals surface area contributed by atoms with E-state index in [0.717, 1.165) is 5.96 Å². The van der Waals surface area contributed by atoms with Gasteiger partial charge < -0.3 is 25.2 Å². The molecule has 1 aromatic carbocycles. The first-order chi connectivity index (χ1) is 13.1. The maximum absolute atomic E-state index is 12.1. The molecule has 0 saturated carbocycles. The molecule has 1 aliphatic heterocycles. The second kappa shape index (κ2) is 12.7. The van der Waals surface area contributed by atoms with Gasteiger partial charge in [-0.25, -0.2) is 4.79 Å². The van der Waals surface area contributed by atoms with Crippen LogP contribution >= 0.6 is 35.6 Å². The van der Waals surface area contributed by atoms with E-state index < -0.39 is 0 Å². The predicted molar refractivity (Wildman–Crippen MR) is 121 cm³/mol. The average molecular weight is 524 g/mol. The lowest BCUT2D eigenvalue weighted by molar-refractivity contribution is 0.0914. The van der Waals surface area contributed by atoms with E-state index in [0.29, 0.717) is 56.5 Å². The molecule has 2 N–H and O–H groups in total. The number of benzene rings is 1. The highest BCUT2D eigenvalue weighted by molar-refractivity contribution is 14.0. The van der Waals surface area contributed by atoms with Crippen molar-refractivity contribution in [1.29, 1.82) is 0 Å². The predicted octanol–water partition coefficient (Wildman–Crippen LogP) is 2.04.